The molecule has 0 unspecified atom stereocenters. The Bertz CT molecular complexity index is 2560. The molecule has 3 heterocycles. The molecular formula is C44H36N4O2Pt. The number of aromatic hydroxyl groups is 1. The number of phenols is 1. The molecule has 51 heavy (non-hydrogen) atoms. The normalized spacial score (nSPS) is 12.8. The molecule has 0 atom stereocenters. The van der Waals surface area contributed by atoms with Crippen LogP contribution >= 0.6 is 0 Å². The topological polar surface area (TPSA) is 57.7 Å². The summed E-state index contributed by atoms with van der Waals surface area (Å²) in [7, 11) is 0. The third kappa shape index (κ3) is 5.15. The van der Waals surface area contributed by atoms with Gasteiger partial charge in [-0.05, 0) is 65.4 Å². The van der Waals surface area contributed by atoms with E-state index >= 15 is 0 Å². The van der Waals surface area contributed by atoms with Gasteiger partial charge in [-0.1, -0.05) is 105 Å². The molecule has 6 aromatic carbocycles. The van der Waals surface area contributed by atoms with Gasteiger partial charge in [0.2, 0.25) is 0 Å². The standard InChI is InChI=1S/C44H36N4O2.Pt/c1-27(2)29-16-11-17-30(28(3)4)42(29)48-37-22-13-21-36(41(37)45-44(48)33-15-5-9-24-39(33)49)46-26-47(35-20-8-7-19-34(35)46)38-23-12-18-32-31-14-6-10-25-40(31)50-43(32)38;/h5-22,24-28,49H,1-4H3;/q-2;+2. The molecule has 0 aliphatic carbocycles. The van der Waals surface area contributed by atoms with Gasteiger partial charge in [0.05, 0.1) is 16.8 Å². The van der Waals surface area contributed by atoms with E-state index in [1.54, 1.807) is 6.07 Å². The van der Waals surface area contributed by atoms with Gasteiger partial charge in [0.15, 0.2) is 0 Å². The largest absolute Gasteiger partial charge is 2.00 e. The first-order valence-electron chi connectivity index (χ1n) is 17.2. The van der Waals surface area contributed by atoms with Crippen LogP contribution in [0.25, 0.3) is 50.0 Å². The Morgan fingerprint density at radius 2 is 1.33 bits per heavy atom. The predicted octanol–water partition coefficient (Wildman–Crippen LogP) is 11.8. The minimum atomic E-state index is 0. The molecule has 1 aliphatic heterocycles. The Morgan fingerprint density at radius 1 is 0.686 bits per heavy atom. The second-order valence-corrected chi connectivity index (χ2v) is 13.5. The summed E-state index contributed by atoms with van der Waals surface area (Å²) in [5.41, 5.74) is 11.5. The minimum Gasteiger partial charge on any atom is -0.514 e. The van der Waals surface area contributed by atoms with E-state index in [0.29, 0.717) is 11.4 Å². The maximum absolute atomic E-state index is 11.2. The Labute approximate surface area is 311 Å². The van der Waals surface area contributed by atoms with Crippen LogP contribution in [0.1, 0.15) is 50.7 Å². The van der Waals surface area contributed by atoms with Crippen LogP contribution in [-0.2, 0) is 21.1 Å². The van der Waals surface area contributed by atoms with Crippen LogP contribution in [0.2, 0.25) is 0 Å². The van der Waals surface area contributed by atoms with Gasteiger partial charge in [0.25, 0.3) is 0 Å². The van der Waals surface area contributed by atoms with E-state index in [0.717, 1.165) is 61.4 Å². The number of nitrogens with zero attached hydrogens (tertiary/aromatic N) is 4. The van der Waals surface area contributed by atoms with E-state index in [2.05, 4.69) is 128 Å². The number of hydrogen-bond donors (Lipinski definition) is 1. The summed E-state index contributed by atoms with van der Waals surface area (Å²) < 4.78 is 8.73. The van der Waals surface area contributed by atoms with E-state index in [1.807, 2.05) is 42.5 Å². The van der Waals surface area contributed by atoms with Crippen molar-refractivity contribution >= 4 is 55.7 Å². The monoisotopic (exact) mass is 847 g/mol. The van der Waals surface area contributed by atoms with Crippen molar-refractivity contribution < 1.29 is 30.6 Å². The molecule has 8 aromatic rings. The quantitative estimate of drug-likeness (QED) is 0.169. The van der Waals surface area contributed by atoms with E-state index in [1.165, 1.54) is 11.1 Å². The molecule has 0 spiro atoms. The number of aromatic nitrogens is 2. The van der Waals surface area contributed by atoms with Crippen molar-refractivity contribution in [3.63, 3.8) is 0 Å². The summed E-state index contributed by atoms with van der Waals surface area (Å²) in [6, 6.07) is 44.5. The fourth-order valence-corrected chi connectivity index (χ4v) is 7.46. The predicted molar refractivity (Wildman–Crippen MR) is 204 cm³/mol. The van der Waals surface area contributed by atoms with E-state index < -0.39 is 0 Å². The van der Waals surface area contributed by atoms with Crippen molar-refractivity contribution in [1.82, 2.24) is 9.55 Å². The number of imidazole rings is 1. The van der Waals surface area contributed by atoms with Crippen molar-refractivity contribution in [3.8, 4) is 22.8 Å². The van der Waals surface area contributed by atoms with E-state index in [-0.39, 0.29) is 38.7 Å². The maximum Gasteiger partial charge on any atom is 2.00 e. The van der Waals surface area contributed by atoms with Gasteiger partial charge in [-0.25, -0.2) is 4.98 Å². The molecule has 7 heteroatoms. The van der Waals surface area contributed by atoms with Crippen LogP contribution in [0.15, 0.2) is 126 Å². The first-order valence-corrected chi connectivity index (χ1v) is 17.2. The fourth-order valence-electron chi connectivity index (χ4n) is 7.46. The molecule has 1 N–H and O–H groups in total. The average molecular weight is 848 g/mol. The van der Waals surface area contributed by atoms with Crippen LogP contribution < -0.4 is 9.80 Å². The number of fused-ring (bicyclic) bond motifs is 5. The molecule has 0 fully saturated rings. The molecule has 0 saturated carbocycles. The third-order valence-corrected chi connectivity index (χ3v) is 9.83. The Kier molecular flexibility index (Phi) is 8.23. The van der Waals surface area contributed by atoms with Gasteiger partial charge in [0.1, 0.15) is 22.7 Å². The number of anilines is 4. The van der Waals surface area contributed by atoms with Crippen molar-refractivity contribution in [3.05, 3.63) is 145 Å². The Balaban J connectivity index is 0.00000374. The van der Waals surface area contributed by atoms with E-state index in [4.69, 9.17) is 9.40 Å². The zero-order valence-electron chi connectivity index (χ0n) is 28.7. The summed E-state index contributed by atoms with van der Waals surface area (Å²) in [6.07, 6.45) is 0. The zero-order chi connectivity index (χ0) is 34.1. The zero-order valence-corrected chi connectivity index (χ0v) is 31.0. The molecule has 0 bridgehead atoms. The van der Waals surface area contributed by atoms with Gasteiger partial charge < -0.3 is 19.3 Å². The van der Waals surface area contributed by atoms with Gasteiger partial charge in [-0.15, -0.1) is 6.67 Å². The summed E-state index contributed by atoms with van der Waals surface area (Å²) in [4.78, 5) is 9.77. The number of rotatable bonds is 6. The first kappa shape index (κ1) is 32.9. The second kappa shape index (κ2) is 12.8. The number of phenolic OH excluding ortho intramolecular Hbond substituents is 1. The fraction of sp³-hybridized carbons (Fsp3) is 0.136. The summed E-state index contributed by atoms with van der Waals surface area (Å²) in [5, 5.41) is 13.4. The molecule has 254 valence electrons. The second-order valence-electron chi connectivity index (χ2n) is 13.5. The number of benzene rings is 6. The molecular weight excluding hydrogens is 812 g/mol. The molecule has 6 nitrogen and oxygen atoms in total. The van der Waals surface area contributed by atoms with Gasteiger partial charge in [-0.2, -0.15) is 18.2 Å². The summed E-state index contributed by atoms with van der Waals surface area (Å²) >= 11 is 0. The molecule has 1 aliphatic rings. The molecule has 2 aromatic heterocycles. The third-order valence-electron chi connectivity index (χ3n) is 9.83. The van der Waals surface area contributed by atoms with Crippen molar-refractivity contribution in [1.29, 1.82) is 0 Å². The van der Waals surface area contributed by atoms with Crippen molar-refractivity contribution in [2.24, 2.45) is 0 Å². The van der Waals surface area contributed by atoms with Crippen molar-refractivity contribution in [2.75, 3.05) is 9.80 Å². The number of para-hydroxylation sites is 6. The van der Waals surface area contributed by atoms with Crippen molar-refractivity contribution in [2.45, 2.75) is 39.5 Å². The van der Waals surface area contributed by atoms with Crippen LogP contribution in [0.3, 0.4) is 0 Å². The summed E-state index contributed by atoms with van der Waals surface area (Å²) in [5.74, 6) is 1.43. The first-order chi connectivity index (χ1) is 24.4. The molecule has 0 radical (unpaired) electrons. The number of furan rings is 1. The Morgan fingerprint density at radius 3 is 2.08 bits per heavy atom. The number of hydrogen-bond acceptors (Lipinski definition) is 5. The molecule has 9 rings (SSSR count). The SMILES string of the molecule is CC(C)c1cccc(C(C)C)c1-n1c(-c2ccccc2O)nc2c(N3[CH-]N(c4[c-]ccc5c4oc4ccccc45)c4ccccc43)cccc21.[Pt+2]. The smallest absolute Gasteiger partial charge is 0.514 e. The molecule has 0 amide bonds. The van der Waals surface area contributed by atoms with Gasteiger partial charge in [-0.3, -0.25) is 4.57 Å². The maximum atomic E-state index is 11.2. The minimum absolute atomic E-state index is 0. The van der Waals surface area contributed by atoms with Crippen LogP contribution in [-0.4, -0.2) is 14.7 Å². The van der Waals surface area contributed by atoms with Gasteiger partial charge in [0, 0.05) is 28.0 Å². The van der Waals surface area contributed by atoms with Gasteiger partial charge >= 0.3 is 21.1 Å². The Hall–Kier alpha value is -5.32. The van der Waals surface area contributed by atoms with Crippen LogP contribution in [0.5, 0.6) is 5.75 Å². The summed E-state index contributed by atoms with van der Waals surface area (Å²) in [6.45, 7) is 11.0. The van der Waals surface area contributed by atoms with Crippen LogP contribution in [0, 0.1) is 12.7 Å². The average Bonchev–Trinajstić information content (AvgIpc) is 3.83. The molecule has 0 saturated heterocycles. The van der Waals surface area contributed by atoms with E-state index in [9.17, 15) is 5.11 Å². The van der Waals surface area contributed by atoms with Crippen LogP contribution in [0.4, 0.5) is 22.7 Å².